The van der Waals surface area contributed by atoms with E-state index in [2.05, 4.69) is 31.2 Å². The van der Waals surface area contributed by atoms with Gasteiger partial charge in [0.1, 0.15) is 0 Å². The van der Waals surface area contributed by atoms with Gasteiger partial charge in [0.05, 0.1) is 0 Å². The zero-order valence-electron chi connectivity index (χ0n) is 10.9. The molecule has 0 fully saturated rings. The van der Waals surface area contributed by atoms with Crippen molar-refractivity contribution in [1.29, 1.82) is 0 Å². The molecule has 1 aromatic rings. The van der Waals surface area contributed by atoms with Crippen LogP contribution in [0.2, 0.25) is 0 Å². The van der Waals surface area contributed by atoms with Crippen LogP contribution in [-0.2, 0) is 6.54 Å². The zero-order valence-corrected chi connectivity index (χ0v) is 11.6. The number of unbranched alkanes of at least 4 members (excludes halogenated alkanes) is 5. The van der Waals surface area contributed by atoms with Gasteiger partial charge in [0, 0.05) is 13.1 Å². The van der Waals surface area contributed by atoms with E-state index in [1.54, 1.807) is 0 Å². The van der Waals surface area contributed by atoms with Gasteiger partial charge in [-0.25, -0.2) is 4.42 Å². The summed E-state index contributed by atoms with van der Waals surface area (Å²) in [7, 11) is 0. The number of hydrogen-bond acceptors (Lipinski definition) is 1. The van der Waals surface area contributed by atoms with Crippen molar-refractivity contribution < 1.29 is 0 Å². The van der Waals surface area contributed by atoms with E-state index in [4.69, 9.17) is 11.8 Å². The molecule has 0 N–H and O–H groups in total. The third kappa shape index (κ3) is 7.40. The first-order valence-electron chi connectivity index (χ1n) is 6.77. The predicted octanol–water partition coefficient (Wildman–Crippen LogP) is 5.00. The van der Waals surface area contributed by atoms with Gasteiger partial charge in [0.25, 0.3) is 0 Å². The fourth-order valence-electron chi connectivity index (χ4n) is 1.92. The minimum absolute atomic E-state index is 0.845. The van der Waals surface area contributed by atoms with Crippen LogP contribution in [0, 0.1) is 0 Å². The maximum absolute atomic E-state index is 6.19. The van der Waals surface area contributed by atoms with Gasteiger partial charge < -0.3 is 0 Å². The Morgan fingerprint density at radius 3 is 2.29 bits per heavy atom. The number of benzene rings is 1. The SMILES string of the molecule is CCCCCCCCN(Cl)Cc1ccccc1. The Balaban J connectivity index is 2.03. The van der Waals surface area contributed by atoms with Gasteiger partial charge >= 0.3 is 0 Å². The first-order valence-corrected chi connectivity index (χ1v) is 7.11. The summed E-state index contributed by atoms with van der Waals surface area (Å²) in [6.45, 7) is 4.08. The van der Waals surface area contributed by atoms with Crippen molar-refractivity contribution in [3.63, 3.8) is 0 Å². The largest absolute Gasteiger partial charge is 0.216 e. The highest BCUT2D eigenvalue weighted by molar-refractivity contribution is 6.13. The van der Waals surface area contributed by atoms with Gasteiger partial charge in [-0.05, 0) is 23.8 Å². The van der Waals surface area contributed by atoms with Gasteiger partial charge in [0.15, 0.2) is 0 Å². The van der Waals surface area contributed by atoms with Crippen molar-refractivity contribution in [3.8, 4) is 0 Å². The molecule has 0 bridgehead atoms. The van der Waals surface area contributed by atoms with Gasteiger partial charge in [-0.1, -0.05) is 69.4 Å². The average Bonchev–Trinajstić information content (AvgIpc) is 2.35. The molecule has 96 valence electrons. The Morgan fingerprint density at radius 1 is 0.941 bits per heavy atom. The molecule has 0 saturated carbocycles. The van der Waals surface area contributed by atoms with Crippen LogP contribution < -0.4 is 0 Å². The van der Waals surface area contributed by atoms with Crippen molar-refractivity contribution >= 4 is 11.8 Å². The number of nitrogens with zero attached hydrogens (tertiary/aromatic N) is 1. The van der Waals surface area contributed by atoms with Crippen LogP contribution in [0.5, 0.6) is 0 Å². The molecule has 0 aliphatic rings. The summed E-state index contributed by atoms with van der Waals surface area (Å²) in [5.74, 6) is 0. The maximum atomic E-state index is 6.19. The Morgan fingerprint density at radius 2 is 1.59 bits per heavy atom. The summed E-state index contributed by atoms with van der Waals surface area (Å²) >= 11 is 6.19. The normalized spacial score (nSPS) is 11.0. The first kappa shape index (κ1) is 14.5. The molecule has 0 aromatic heterocycles. The van der Waals surface area contributed by atoms with Gasteiger partial charge in [-0.3, -0.25) is 0 Å². The van der Waals surface area contributed by atoms with E-state index in [1.807, 2.05) is 10.5 Å². The summed E-state index contributed by atoms with van der Waals surface area (Å²) in [6.07, 6.45) is 7.92. The van der Waals surface area contributed by atoms with Crippen molar-refractivity contribution in [2.45, 2.75) is 52.0 Å². The minimum Gasteiger partial charge on any atom is -0.216 e. The number of hydrogen-bond donors (Lipinski definition) is 0. The second-order valence-electron chi connectivity index (χ2n) is 4.60. The van der Waals surface area contributed by atoms with E-state index < -0.39 is 0 Å². The van der Waals surface area contributed by atoms with Crippen LogP contribution in [0.3, 0.4) is 0 Å². The van der Waals surface area contributed by atoms with Crippen LogP contribution in [0.1, 0.15) is 51.0 Å². The molecule has 0 heterocycles. The molecule has 1 nitrogen and oxygen atoms in total. The van der Waals surface area contributed by atoms with Gasteiger partial charge in [-0.15, -0.1) is 0 Å². The Kier molecular flexibility index (Phi) is 8.12. The molecule has 0 spiro atoms. The second kappa shape index (κ2) is 9.49. The standard InChI is InChI=1S/C15H24ClN/c1-2-3-4-5-6-10-13-17(16)14-15-11-8-7-9-12-15/h7-9,11-12H,2-6,10,13-14H2,1H3. The van der Waals surface area contributed by atoms with Crippen LogP contribution in [-0.4, -0.2) is 11.0 Å². The quantitative estimate of drug-likeness (QED) is 0.442. The molecule has 2 heteroatoms. The van der Waals surface area contributed by atoms with E-state index in [1.165, 1.54) is 44.1 Å². The predicted molar refractivity (Wildman–Crippen MR) is 76.1 cm³/mol. The van der Waals surface area contributed by atoms with Crippen molar-refractivity contribution in [1.82, 2.24) is 4.42 Å². The lowest BCUT2D eigenvalue weighted by molar-refractivity contribution is 0.426. The Hall–Kier alpha value is -0.530. The highest BCUT2D eigenvalue weighted by atomic mass is 35.5. The lowest BCUT2D eigenvalue weighted by Crippen LogP contribution is -2.13. The summed E-state index contributed by atoms with van der Waals surface area (Å²) in [5.41, 5.74) is 1.29. The molecule has 0 saturated heterocycles. The molecule has 17 heavy (non-hydrogen) atoms. The van der Waals surface area contributed by atoms with Crippen LogP contribution in [0.15, 0.2) is 30.3 Å². The monoisotopic (exact) mass is 253 g/mol. The molecule has 0 radical (unpaired) electrons. The van der Waals surface area contributed by atoms with E-state index in [0.29, 0.717) is 0 Å². The molecule has 0 aliphatic heterocycles. The van der Waals surface area contributed by atoms with Gasteiger partial charge in [0.2, 0.25) is 0 Å². The van der Waals surface area contributed by atoms with Crippen LogP contribution in [0.4, 0.5) is 0 Å². The van der Waals surface area contributed by atoms with Crippen LogP contribution in [0.25, 0.3) is 0 Å². The lowest BCUT2D eigenvalue weighted by atomic mass is 10.1. The minimum atomic E-state index is 0.845. The van der Waals surface area contributed by atoms with E-state index >= 15 is 0 Å². The van der Waals surface area contributed by atoms with E-state index in [-0.39, 0.29) is 0 Å². The third-order valence-electron chi connectivity index (χ3n) is 2.95. The molecular weight excluding hydrogens is 230 g/mol. The highest BCUT2D eigenvalue weighted by Gasteiger charge is 2.01. The molecule has 1 rings (SSSR count). The van der Waals surface area contributed by atoms with Crippen molar-refractivity contribution in [3.05, 3.63) is 35.9 Å². The molecule has 0 atom stereocenters. The topological polar surface area (TPSA) is 3.24 Å². The summed E-state index contributed by atoms with van der Waals surface area (Å²) in [4.78, 5) is 0. The maximum Gasteiger partial charge on any atom is 0.0389 e. The van der Waals surface area contributed by atoms with E-state index in [0.717, 1.165) is 13.1 Å². The summed E-state index contributed by atoms with van der Waals surface area (Å²) in [6, 6.07) is 10.4. The molecule has 0 unspecified atom stereocenters. The lowest BCUT2D eigenvalue weighted by Gasteiger charge is -2.13. The van der Waals surface area contributed by atoms with Crippen LogP contribution >= 0.6 is 11.8 Å². The van der Waals surface area contributed by atoms with Gasteiger partial charge in [-0.2, -0.15) is 0 Å². The Labute approximate surface area is 111 Å². The molecular formula is C15H24ClN. The Bertz CT molecular complexity index is 274. The van der Waals surface area contributed by atoms with Crippen molar-refractivity contribution in [2.24, 2.45) is 0 Å². The highest BCUT2D eigenvalue weighted by Crippen LogP contribution is 2.10. The number of halogens is 1. The van der Waals surface area contributed by atoms with Crippen molar-refractivity contribution in [2.75, 3.05) is 6.54 Å². The molecule has 0 amide bonds. The first-order chi connectivity index (χ1) is 8.33. The molecule has 1 aromatic carbocycles. The second-order valence-corrected chi connectivity index (χ2v) is 5.08. The zero-order chi connectivity index (χ0) is 12.3. The summed E-state index contributed by atoms with van der Waals surface area (Å²) in [5, 5.41) is 0. The van der Waals surface area contributed by atoms with E-state index in [9.17, 15) is 0 Å². The summed E-state index contributed by atoms with van der Waals surface area (Å²) < 4.78 is 1.90. The number of rotatable bonds is 9. The smallest absolute Gasteiger partial charge is 0.0389 e. The molecule has 0 aliphatic carbocycles. The average molecular weight is 254 g/mol. The third-order valence-corrected chi connectivity index (χ3v) is 3.24. The fraction of sp³-hybridized carbons (Fsp3) is 0.600. The fourth-order valence-corrected chi connectivity index (χ4v) is 2.18.